The number of rotatable bonds is 4. The highest BCUT2D eigenvalue weighted by Crippen LogP contribution is 2.20. The lowest BCUT2D eigenvalue weighted by atomic mass is 10.1. The zero-order valence-electron chi connectivity index (χ0n) is 9.76. The summed E-state index contributed by atoms with van der Waals surface area (Å²) in [6.07, 6.45) is 1.70. The number of aromatic nitrogens is 1. The number of hydrogen-bond acceptors (Lipinski definition) is 2. The molecule has 1 N–H and O–H groups in total. The van der Waals surface area contributed by atoms with E-state index in [1.807, 2.05) is 28.8 Å². The molecule has 0 aliphatic carbocycles. The molecular weight excluding hydrogens is 214 g/mol. The molecule has 2 rings (SSSR count). The molecule has 1 aromatic heterocycles. The fourth-order valence-corrected chi connectivity index (χ4v) is 2.03. The van der Waals surface area contributed by atoms with E-state index in [0.717, 1.165) is 29.7 Å². The number of hydrogen-bond donors (Lipinski definition) is 1. The average Bonchev–Trinajstić information content (AvgIpc) is 2.81. The van der Waals surface area contributed by atoms with Crippen LogP contribution in [0.15, 0.2) is 36.4 Å². The van der Waals surface area contributed by atoms with Crippen molar-refractivity contribution in [3.63, 3.8) is 0 Å². The summed E-state index contributed by atoms with van der Waals surface area (Å²) in [6.45, 7) is 1.99. The second-order valence-electron chi connectivity index (χ2n) is 3.84. The molecule has 0 fully saturated rings. The molecule has 0 amide bonds. The van der Waals surface area contributed by atoms with Crippen molar-refractivity contribution in [1.82, 2.24) is 4.57 Å². The molecule has 0 aliphatic rings. The highest BCUT2D eigenvalue weighted by molar-refractivity contribution is 5.74. The molecular formula is C14H15NO2. The number of benzene rings is 1. The van der Waals surface area contributed by atoms with Gasteiger partial charge >= 0.3 is 0 Å². The molecule has 0 radical (unpaired) electrons. The second-order valence-corrected chi connectivity index (χ2v) is 3.84. The van der Waals surface area contributed by atoms with Crippen molar-refractivity contribution < 1.29 is 9.90 Å². The van der Waals surface area contributed by atoms with Crippen LogP contribution in [-0.4, -0.2) is 16.0 Å². The van der Waals surface area contributed by atoms with Gasteiger partial charge in [0.2, 0.25) is 0 Å². The topological polar surface area (TPSA) is 42.2 Å². The molecule has 0 saturated heterocycles. The van der Waals surface area contributed by atoms with Crippen LogP contribution in [0.5, 0.6) is 0 Å². The third kappa shape index (κ3) is 2.01. The van der Waals surface area contributed by atoms with Gasteiger partial charge in [-0.15, -0.1) is 0 Å². The number of carbonyl (C=O) groups is 1. The first-order valence-corrected chi connectivity index (χ1v) is 5.66. The van der Waals surface area contributed by atoms with Gasteiger partial charge in [-0.05, 0) is 30.2 Å². The molecule has 2 aromatic rings. The molecule has 3 heteroatoms. The third-order valence-electron chi connectivity index (χ3n) is 2.89. The Bertz CT molecular complexity index is 529. The van der Waals surface area contributed by atoms with Crippen molar-refractivity contribution >= 4 is 6.29 Å². The van der Waals surface area contributed by atoms with E-state index in [9.17, 15) is 9.90 Å². The minimum absolute atomic E-state index is 0.0775. The fourth-order valence-electron chi connectivity index (χ4n) is 2.03. The lowest BCUT2D eigenvalue weighted by molar-refractivity contribution is 0.111. The molecule has 0 bridgehead atoms. The summed E-state index contributed by atoms with van der Waals surface area (Å²) in [5, 5.41) is 9.32. The predicted octanol–water partition coefficient (Wildman–Crippen LogP) is 2.34. The van der Waals surface area contributed by atoms with Gasteiger partial charge in [0.05, 0.1) is 12.3 Å². The maximum Gasteiger partial charge on any atom is 0.166 e. The van der Waals surface area contributed by atoms with Crippen molar-refractivity contribution in [2.75, 3.05) is 0 Å². The molecule has 0 saturated carbocycles. The number of aryl methyl sites for hydroxylation is 1. The van der Waals surface area contributed by atoms with Crippen LogP contribution in [0.2, 0.25) is 0 Å². The van der Waals surface area contributed by atoms with Crippen molar-refractivity contribution in [3.8, 4) is 5.69 Å². The monoisotopic (exact) mass is 229 g/mol. The molecule has 0 spiro atoms. The number of aliphatic hydroxyl groups is 1. The maximum absolute atomic E-state index is 11.0. The quantitative estimate of drug-likeness (QED) is 0.818. The van der Waals surface area contributed by atoms with Crippen LogP contribution in [0.3, 0.4) is 0 Å². The molecule has 1 aromatic carbocycles. The van der Waals surface area contributed by atoms with Gasteiger partial charge in [-0.3, -0.25) is 4.79 Å². The first kappa shape index (κ1) is 11.6. The van der Waals surface area contributed by atoms with Crippen molar-refractivity contribution in [2.24, 2.45) is 0 Å². The van der Waals surface area contributed by atoms with E-state index < -0.39 is 0 Å². The summed E-state index contributed by atoms with van der Waals surface area (Å²) < 4.78 is 1.81. The van der Waals surface area contributed by atoms with Crippen LogP contribution in [-0.2, 0) is 13.0 Å². The molecule has 0 aliphatic heterocycles. The number of para-hydroxylation sites is 1. The minimum Gasteiger partial charge on any atom is -0.390 e. The fraction of sp³-hybridized carbons (Fsp3) is 0.214. The highest BCUT2D eigenvalue weighted by atomic mass is 16.3. The van der Waals surface area contributed by atoms with Gasteiger partial charge in [-0.25, -0.2) is 0 Å². The SMILES string of the molecule is CCc1ccccc1-n1c(C=O)ccc1CO. The Morgan fingerprint density at radius 3 is 2.65 bits per heavy atom. The summed E-state index contributed by atoms with van der Waals surface area (Å²) in [5.74, 6) is 0. The average molecular weight is 229 g/mol. The van der Waals surface area contributed by atoms with Crippen LogP contribution in [0.25, 0.3) is 5.69 Å². The van der Waals surface area contributed by atoms with E-state index in [2.05, 4.69) is 6.92 Å². The van der Waals surface area contributed by atoms with E-state index in [0.29, 0.717) is 5.69 Å². The Morgan fingerprint density at radius 1 is 1.24 bits per heavy atom. The largest absolute Gasteiger partial charge is 0.390 e. The zero-order valence-corrected chi connectivity index (χ0v) is 9.76. The van der Waals surface area contributed by atoms with E-state index in [1.165, 1.54) is 0 Å². The van der Waals surface area contributed by atoms with E-state index in [1.54, 1.807) is 12.1 Å². The summed E-state index contributed by atoms with van der Waals surface area (Å²) in [7, 11) is 0. The van der Waals surface area contributed by atoms with E-state index >= 15 is 0 Å². The van der Waals surface area contributed by atoms with Gasteiger partial charge in [0.25, 0.3) is 0 Å². The smallest absolute Gasteiger partial charge is 0.166 e. The predicted molar refractivity (Wildman–Crippen MR) is 66.5 cm³/mol. The van der Waals surface area contributed by atoms with Crippen LogP contribution in [0.1, 0.15) is 28.7 Å². The zero-order chi connectivity index (χ0) is 12.3. The summed E-state index contributed by atoms with van der Waals surface area (Å²) in [5.41, 5.74) is 3.41. The summed E-state index contributed by atoms with van der Waals surface area (Å²) in [6, 6.07) is 11.4. The number of nitrogens with zero attached hydrogens (tertiary/aromatic N) is 1. The first-order valence-electron chi connectivity index (χ1n) is 5.66. The molecule has 0 unspecified atom stereocenters. The van der Waals surface area contributed by atoms with Gasteiger partial charge in [-0.1, -0.05) is 25.1 Å². The van der Waals surface area contributed by atoms with E-state index in [-0.39, 0.29) is 6.61 Å². The summed E-state index contributed by atoms with van der Waals surface area (Å²) in [4.78, 5) is 11.0. The van der Waals surface area contributed by atoms with Crippen molar-refractivity contribution in [3.05, 3.63) is 53.3 Å². The van der Waals surface area contributed by atoms with Crippen LogP contribution in [0.4, 0.5) is 0 Å². The molecule has 0 atom stereocenters. The Labute approximate surface area is 100 Å². The molecule has 3 nitrogen and oxygen atoms in total. The first-order chi connectivity index (χ1) is 8.31. The minimum atomic E-state index is -0.0775. The molecule has 88 valence electrons. The third-order valence-corrected chi connectivity index (χ3v) is 2.89. The van der Waals surface area contributed by atoms with Gasteiger partial charge in [0.1, 0.15) is 0 Å². The van der Waals surface area contributed by atoms with Gasteiger partial charge in [0, 0.05) is 11.4 Å². The Hall–Kier alpha value is -1.87. The number of aldehydes is 1. The Balaban J connectivity index is 2.66. The highest BCUT2D eigenvalue weighted by Gasteiger charge is 2.11. The van der Waals surface area contributed by atoms with Gasteiger partial charge in [0.15, 0.2) is 6.29 Å². The summed E-state index contributed by atoms with van der Waals surface area (Å²) >= 11 is 0. The van der Waals surface area contributed by atoms with Gasteiger partial charge in [-0.2, -0.15) is 0 Å². The number of carbonyl (C=O) groups excluding carboxylic acids is 1. The van der Waals surface area contributed by atoms with Crippen molar-refractivity contribution in [1.29, 1.82) is 0 Å². The normalized spacial score (nSPS) is 10.5. The molecule has 1 heterocycles. The number of aliphatic hydroxyl groups excluding tert-OH is 1. The lowest BCUT2D eigenvalue weighted by Crippen LogP contribution is -2.06. The van der Waals surface area contributed by atoms with Crippen LogP contribution in [0, 0.1) is 0 Å². The van der Waals surface area contributed by atoms with Crippen molar-refractivity contribution in [2.45, 2.75) is 20.0 Å². The Morgan fingerprint density at radius 2 is 2.00 bits per heavy atom. The second kappa shape index (κ2) is 4.97. The van der Waals surface area contributed by atoms with Crippen LogP contribution >= 0.6 is 0 Å². The molecule has 17 heavy (non-hydrogen) atoms. The van der Waals surface area contributed by atoms with E-state index in [4.69, 9.17) is 0 Å². The maximum atomic E-state index is 11.0. The standard InChI is InChI=1S/C14H15NO2/c1-2-11-5-3-4-6-14(11)15-12(9-16)7-8-13(15)10-17/h3-9,17H,2,10H2,1H3. The Kier molecular flexibility index (Phi) is 3.40. The van der Waals surface area contributed by atoms with Crippen LogP contribution < -0.4 is 0 Å². The lowest BCUT2D eigenvalue weighted by Gasteiger charge is -2.13. The van der Waals surface area contributed by atoms with Gasteiger partial charge < -0.3 is 9.67 Å².